The number of aromatic hydroxyl groups is 1. The Bertz CT molecular complexity index is 755. The number of rotatable bonds is 5. The number of aryl methyl sites for hydroxylation is 1. The summed E-state index contributed by atoms with van der Waals surface area (Å²) in [6, 6.07) is 10.9. The molecule has 2 aromatic rings. The lowest BCUT2D eigenvalue weighted by Gasteiger charge is -2.14. The molecular weight excluding hydrogens is 440 g/mol. The molecule has 0 unspecified atom stereocenters. The first-order valence-electron chi connectivity index (χ1n) is 7.11. The van der Waals surface area contributed by atoms with Gasteiger partial charge in [0.2, 0.25) is 0 Å². The minimum Gasteiger partial charge on any atom is -0.506 e. The van der Waals surface area contributed by atoms with E-state index in [1.165, 1.54) is 6.21 Å². The molecule has 2 aromatic carbocycles. The van der Waals surface area contributed by atoms with Gasteiger partial charge in [0.05, 0.1) is 15.2 Å². The number of carbonyl (C=O) groups excluding carboxylic acids is 1. The number of phenols is 1. The van der Waals surface area contributed by atoms with E-state index in [4.69, 9.17) is 4.74 Å². The molecule has 5 nitrogen and oxygen atoms in total. The summed E-state index contributed by atoms with van der Waals surface area (Å²) in [5.41, 5.74) is 4.10. The number of hydrogen-bond acceptors (Lipinski definition) is 4. The maximum atomic E-state index is 12.0. The number of halogens is 2. The number of hydrogen-bond donors (Lipinski definition) is 2. The zero-order valence-corrected chi connectivity index (χ0v) is 16.3. The summed E-state index contributed by atoms with van der Waals surface area (Å²) in [6.45, 7) is 3.57. The summed E-state index contributed by atoms with van der Waals surface area (Å²) in [6.07, 6.45) is 0.800. The molecule has 0 radical (unpaired) electrons. The summed E-state index contributed by atoms with van der Waals surface area (Å²) >= 11 is 6.47. The van der Waals surface area contributed by atoms with Crippen LogP contribution in [0.25, 0.3) is 0 Å². The predicted molar refractivity (Wildman–Crippen MR) is 101 cm³/mol. The Morgan fingerprint density at radius 1 is 1.29 bits per heavy atom. The Labute approximate surface area is 157 Å². The average Bonchev–Trinajstić information content (AvgIpc) is 2.54. The van der Waals surface area contributed by atoms with Crippen molar-refractivity contribution in [1.82, 2.24) is 5.43 Å². The number of nitrogens with one attached hydrogen (secondary N) is 1. The van der Waals surface area contributed by atoms with Crippen LogP contribution in [0.4, 0.5) is 0 Å². The molecule has 0 aliphatic heterocycles. The molecule has 0 aliphatic carbocycles. The second-order valence-electron chi connectivity index (χ2n) is 5.09. The largest absolute Gasteiger partial charge is 0.506 e. The number of hydrazone groups is 1. The smallest absolute Gasteiger partial charge is 0.280 e. The molecule has 1 amide bonds. The lowest BCUT2D eigenvalue weighted by atomic mass is 10.2. The summed E-state index contributed by atoms with van der Waals surface area (Å²) in [5, 5.41) is 13.6. The summed E-state index contributed by atoms with van der Waals surface area (Å²) in [4.78, 5) is 12.0. The predicted octanol–water partition coefficient (Wildman–Crippen LogP) is 4.14. The van der Waals surface area contributed by atoms with E-state index in [1.54, 1.807) is 19.1 Å². The maximum absolute atomic E-state index is 12.0. The molecule has 2 rings (SSSR count). The fourth-order valence-electron chi connectivity index (χ4n) is 1.85. The number of phenolic OH excluding ortho intramolecular Hbond substituents is 1. The van der Waals surface area contributed by atoms with Crippen LogP contribution in [0.5, 0.6) is 11.5 Å². The van der Waals surface area contributed by atoms with Crippen LogP contribution in [0.15, 0.2) is 50.4 Å². The Kier molecular flexibility index (Phi) is 6.39. The maximum Gasteiger partial charge on any atom is 0.280 e. The highest BCUT2D eigenvalue weighted by Crippen LogP contribution is 2.32. The van der Waals surface area contributed by atoms with Gasteiger partial charge >= 0.3 is 0 Å². The third-order valence-corrected chi connectivity index (χ3v) is 4.40. The van der Waals surface area contributed by atoms with Gasteiger partial charge in [-0.25, -0.2) is 5.43 Å². The van der Waals surface area contributed by atoms with Crippen molar-refractivity contribution in [2.75, 3.05) is 0 Å². The van der Waals surface area contributed by atoms with Gasteiger partial charge in [-0.05, 0) is 75.0 Å². The van der Waals surface area contributed by atoms with E-state index in [0.29, 0.717) is 20.3 Å². The highest BCUT2D eigenvalue weighted by Gasteiger charge is 2.14. The van der Waals surface area contributed by atoms with Crippen LogP contribution in [0, 0.1) is 6.92 Å². The van der Waals surface area contributed by atoms with Crippen molar-refractivity contribution < 1.29 is 14.6 Å². The Morgan fingerprint density at radius 2 is 1.92 bits per heavy atom. The topological polar surface area (TPSA) is 70.9 Å². The zero-order chi connectivity index (χ0) is 17.7. The molecule has 0 saturated heterocycles. The van der Waals surface area contributed by atoms with Gasteiger partial charge in [0, 0.05) is 0 Å². The second kappa shape index (κ2) is 8.30. The molecule has 0 bridgehead atoms. The number of para-hydroxylation sites is 1. The van der Waals surface area contributed by atoms with Gasteiger partial charge < -0.3 is 9.84 Å². The molecule has 7 heteroatoms. The summed E-state index contributed by atoms with van der Waals surface area (Å²) in [5.74, 6) is 0.415. The Morgan fingerprint density at radius 3 is 2.54 bits per heavy atom. The zero-order valence-electron chi connectivity index (χ0n) is 13.1. The van der Waals surface area contributed by atoms with Crippen LogP contribution in [0.3, 0.4) is 0 Å². The second-order valence-corrected chi connectivity index (χ2v) is 6.80. The van der Waals surface area contributed by atoms with Crippen molar-refractivity contribution in [3.8, 4) is 11.5 Å². The normalized spacial score (nSPS) is 12.2. The molecule has 0 heterocycles. The number of benzene rings is 2. The molecule has 0 aliphatic rings. The van der Waals surface area contributed by atoms with Crippen molar-refractivity contribution in [2.45, 2.75) is 20.0 Å². The van der Waals surface area contributed by atoms with Gasteiger partial charge in [-0.15, -0.1) is 0 Å². The molecule has 2 N–H and O–H groups in total. The van der Waals surface area contributed by atoms with Crippen LogP contribution in [-0.4, -0.2) is 23.3 Å². The van der Waals surface area contributed by atoms with Crippen LogP contribution < -0.4 is 10.2 Å². The number of carbonyl (C=O) groups is 1. The van der Waals surface area contributed by atoms with Crippen molar-refractivity contribution in [3.63, 3.8) is 0 Å². The van der Waals surface area contributed by atoms with Crippen molar-refractivity contribution in [1.29, 1.82) is 0 Å². The van der Waals surface area contributed by atoms with Crippen LogP contribution in [0.2, 0.25) is 0 Å². The van der Waals surface area contributed by atoms with Crippen molar-refractivity contribution in [3.05, 3.63) is 56.5 Å². The lowest BCUT2D eigenvalue weighted by Crippen LogP contribution is -2.33. The van der Waals surface area contributed by atoms with E-state index in [1.807, 2.05) is 31.2 Å². The first kappa shape index (κ1) is 18.5. The summed E-state index contributed by atoms with van der Waals surface area (Å²) in [7, 11) is 0. The first-order chi connectivity index (χ1) is 11.4. The summed E-state index contributed by atoms with van der Waals surface area (Å²) < 4.78 is 6.69. The Hall–Kier alpha value is -1.86. The molecule has 126 valence electrons. The van der Waals surface area contributed by atoms with Gasteiger partial charge in [-0.2, -0.15) is 5.10 Å². The van der Waals surface area contributed by atoms with Gasteiger partial charge in [-0.1, -0.05) is 18.2 Å². The molecule has 24 heavy (non-hydrogen) atoms. The van der Waals surface area contributed by atoms with Gasteiger partial charge in [-0.3, -0.25) is 4.79 Å². The van der Waals surface area contributed by atoms with E-state index >= 15 is 0 Å². The molecule has 0 saturated carbocycles. The minimum atomic E-state index is -0.679. The van der Waals surface area contributed by atoms with E-state index in [-0.39, 0.29) is 11.7 Å². The van der Waals surface area contributed by atoms with Crippen LogP contribution >= 0.6 is 31.9 Å². The van der Waals surface area contributed by atoms with E-state index in [9.17, 15) is 9.90 Å². The SMILES string of the molecule is Cc1ccccc1O[C@@H](C)C(=O)N/N=C\c1cc(Br)c(O)c(Br)c1. The third kappa shape index (κ3) is 4.82. The van der Waals surface area contributed by atoms with E-state index < -0.39 is 6.10 Å². The Balaban J connectivity index is 1.96. The number of ether oxygens (including phenoxy) is 1. The monoisotopic (exact) mass is 454 g/mol. The third-order valence-electron chi connectivity index (χ3n) is 3.19. The molecule has 0 aromatic heterocycles. The number of nitrogens with zero attached hydrogens (tertiary/aromatic N) is 1. The first-order valence-corrected chi connectivity index (χ1v) is 8.70. The van der Waals surface area contributed by atoms with Crippen molar-refractivity contribution >= 4 is 44.0 Å². The molecular formula is C17H16Br2N2O3. The molecule has 1 atom stereocenters. The van der Waals surface area contributed by atoms with Gasteiger partial charge in [0.25, 0.3) is 5.91 Å². The minimum absolute atomic E-state index is 0.108. The molecule has 0 spiro atoms. The highest BCUT2D eigenvalue weighted by atomic mass is 79.9. The van der Waals surface area contributed by atoms with E-state index in [0.717, 1.165) is 5.56 Å². The van der Waals surface area contributed by atoms with E-state index in [2.05, 4.69) is 42.4 Å². The quantitative estimate of drug-likeness (QED) is 0.525. The van der Waals surface area contributed by atoms with Crippen molar-refractivity contribution in [2.24, 2.45) is 5.10 Å². The standard InChI is InChI=1S/C17H16Br2N2O3/c1-10-5-3-4-6-15(10)24-11(2)17(23)21-20-9-12-7-13(18)16(22)14(19)8-12/h3-9,11,22H,1-2H3,(H,21,23)/b20-9-/t11-/m0/s1. The van der Waals surface area contributed by atoms with Gasteiger partial charge in [0.15, 0.2) is 6.10 Å². The van der Waals surface area contributed by atoms with Gasteiger partial charge in [0.1, 0.15) is 11.5 Å². The van der Waals surface area contributed by atoms with Crippen LogP contribution in [0.1, 0.15) is 18.1 Å². The number of amides is 1. The average molecular weight is 456 g/mol. The lowest BCUT2D eigenvalue weighted by molar-refractivity contribution is -0.127. The molecule has 0 fully saturated rings. The fraction of sp³-hybridized carbons (Fsp3) is 0.176. The highest BCUT2D eigenvalue weighted by molar-refractivity contribution is 9.11. The van der Waals surface area contributed by atoms with Crippen LogP contribution in [-0.2, 0) is 4.79 Å². The fourth-order valence-corrected chi connectivity index (χ4v) is 3.08.